The molecule has 1 atom stereocenters. The summed E-state index contributed by atoms with van der Waals surface area (Å²) < 4.78 is 25.8. The van der Waals surface area contributed by atoms with E-state index in [0.29, 0.717) is 19.4 Å². The average Bonchev–Trinajstić information content (AvgIpc) is 2.43. The number of carbonyl (C=O) groups is 2. The third-order valence-electron chi connectivity index (χ3n) is 3.23. The van der Waals surface area contributed by atoms with Gasteiger partial charge in [-0.2, -0.15) is 0 Å². The van der Waals surface area contributed by atoms with Crippen LogP contribution in [0.3, 0.4) is 0 Å². The first kappa shape index (κ1) is 14.2. The fourth-order valence-corrected chi connectivity index (χ4v) is 2.14. The summed E-state index contributed by atoms with van der Waals surface area (Å²) in [6, 6.07) is 2.53. The standard InChI is InChI=1S/C13H14F2N2O3/c14-10-4-3-9(6-11(10)15)16-13(20)17-5-1-2-8(7-17)12(18)19/h3-4,6,8H,1-2,5,7H2,(H,16,20)(H,18,19)/t8-/m0/s1. The van der Waals surface area contributed by atoms with Crippen molar-refractivity contribution in [2.75, 3.05) is 18.4 Å². The van der Waals surface area contributed by atoms with Crippen molar-refractivity contribution >= 4 is 17.7 Å². The van der Waals surface area contributed by atoms with Crippen LogP contribution in [0.4, 0.5) is 19.3 Å². The maximum atomic E-state index is 13.0. The zero-order chi connectivity index (χ0) is 14.7. The Bertz CT molecular complexity index is 536. The van der Waals surface area contributed by atoms with E-state index in [-0.39, 0.29) is 12.2 Å². The molecule has 0 aliphatic carbocycles. The number of carboxylic acid groups (broad SMARTS) is 1. The summed E-state index contributed by atoms with van der Waals surface area (Å²) >= 11 is 0. The van der Waals surface area contributed by atoms with E-state index in [4.69, 9.17) is 5.11 Å². The number of urea groups is 1. The Hall–Kier alpha value is -2.18. The van der Waals surface area contributed by atoms with Crippen LogP contribution in [0.2, 0.25) is 0 Å². The smallest absolute Gasteiger partial charge is 0.321 e. The van der Waals surface area contributed by atoms with Crippen LogP contribution in [0.25, 0.3) is 0 Å². The molecule has 0 aromatic heterocycles. The molecule has 0 spiro atoms. The van der Waals surface area contributed by atoms with E-state index in [1.165, 1.54) is 11.0 Å². The number of piperidine rings is 1. The molecule has 2 rings (SSSR count). The number of aliphatic carboxylic acids is 1. The zero-order valence-electron chi connectivity index (χ0n) is 10.6. The van der Waals surface area contributed by atoms with Crippen molar-refractivity contribution in [3.05, 3.63) is 29.8 Å². The van der Waals surface area contributed by atoms with Gasteiger partial charge < -0.3 is 15.3 Å². The van der Waals surface area contributed by atoms with Gasteiger partial charge in [-0.3, -0.25) is 4.79 Å². The summed E-state index contributed by atoms with van der Waals surface area (Å²) in [7, 11) is 0. The van der Waals surface area contributed by atoms with Crippen LogP contribution < -0.4 is 5.32 Å². The third kappa shape index (κ3) is 3.23. The number of likely N-dealkylation sites (tertiary alicyclic amines) is 1. The molecule has 20 heavy (non-hydrogen) atoms. The van der Waals surface area contributed by atoms with E-state index in [1.54, 1.807) is 0 Å². The van der Waals surface area contributed by atoms with Gasteiger partial charge in [0.1, 0.15) is 0 Å². The topological polar surface area (TPSA) is 69.6 Å². The van der Waals surface area contributed by atoms with Gasteiger partial charge in [0, 0.05) is 24.8 Å². The van der Waals surface area contributed by atoms with Gasteiger partial charge in [-0.25, -0.2) is 13.6 Å². The maximum Gasteiger partial charge on any atom is 0.321 e. The van der Waals surface area contributed by atoms with Gasteiger partial charge in [-0.1, -0.05) is 0 Å². The molecule has 1 fully saturated rings. The van der Waals surface area contributed by atoms with Gasteiger partial charge in [0.15, 0.2) is 11.6 Å². The van der Waals surface area contributed by atoms with Crippen molar-refractivity contribution in [2.45, 2.75) is 12.8 Å². The Morgan fingerprint density at radius 2 is 2.05 bits per heavy atom. The molecular weight excluding hydrogens is 270 g/mol. The van der Waals surface area contributed by atoms with Gasteiger partial charge in [-0.05, 0) is 25.0 Å². The van der Waals surface area contributed by atoms with Crippen LogP contribution in [-0.2, 0) is 4.79 Å². The molecule has 5 nitrogen and oxygen atoms in total. The summed E-state index contributed by atoms with van der Waals surface area (Å²) in [5.41, 5.74) is 0.131. The number of halogens is 2. The lowest BCUT2D eigenvalue weighted by atomic mass is 9.99. The second-order valence-electron chi connectivity index (χ2n) is 4.68. The first-order valence-corrected chi connectivity index (χ1v) is 6.21. The number of rotatable bonds is 2. The highest BCUT2D eigenvalue weighted by atomic mass is 19.2. The first-order valence-electron chi connectivity index (χ1n) is 6.21. The number of benzene rings is 1. The molecule has 1 aliphatic heterocycles. The number of nitrogens with zero attached hydrogens (tertiary/aromatic N) is 1. The first-order chi connectivity index (χ1) is 9.47. The lowest BCUT2D eigenvalue weighted by molar-refractivity contribution is -0.143. The molecule has 0 radical (unpaired) electrons. The lowest BCUT2D eigenvalue weighted by Crippen LogP contribution is -2.44. The second kappa shape index (κ2) is 5.85. The summed E-state index contributed by atoms with van der Waals surface area (Å²) in [6.45, 7) is 0.560. The molecule has 0 saturated carbocycles. The molecular formula is C13H14F2N2O3. The minimum atomic E-state index is -1.05. The fraction of sp³-hybridized carbons (Fsp3) is 0.385. The molecule has 1 aliphatic rings. The van der Waals surface area contributed by atoms with E-state index in [0.717, 1.165) is 12.1 Å². The van der Waals surface area contributed by atoms with E-state index < -0.39 is 29.6 Å². The highest BCUT2D eigenvalue weighted by molar-refractivity contribution is 5.89. The number of hydrogen-bond acceptors (Lipinski definition) is 2. The molecule has 0 unspecified atom stereocenters. The van der Waals surface area contributed by atoms with Gasteiger partial charge in [-0.15, -0.1) is 0 Å². The molecule has 0 bridgehead atoms. The minimum absolute atomic E-state index is 0.116. The second-order valence-corrected chi connectivity index (χ2v) is 4.68. The molecule has 2 N–H and O–H groups in total. The molecule has 1 saturated heterocycles. The van der Waals surface area contributed by atoms with Gasteiger partial charge in [0.05, 0.1) is 5.92 Å². The van der Waals surface area contributed by atoms with Crippen molar-refractivity contribution in [3.8, 4) is 0 Å². The zero-order valence-corrected chi connectivity index (χ0v) is 10.6. The summed E-state index contributed by atoms with van der Waals surface area (Å²) in [4.78, 5) is 24.2. The van der Waals surface area contributed by atoms with E-state index in [9.17, 15) is 18.4 Å². The fourth-order valence-electron chi connectivity index (χ4n) is 2.14. The number of anilines is 1. The van der Waals surface area contributed by atoms with Crippen LogP contribution in [0.5, 0.6) is 0 Å². The quantitative estimate of drug-likeness (QED) is 0.875. The van der Waals surface area contributed by atoms with Crippen LogP contribution in [-0.4, -0.2) is 35.1 Å². The number of carbonyl (C=O) groups excluding carboxylic acids is 1. The van der Waals surface area contributed by atoms with Crippen molar-refractivity contribution in [1.29, 1.82) is 0 Å². The molecule has 7 heteroatoms. The minimum Gasteiger partial charge on any atom is -0.481 e. The Morgan fingerprint density at radius 1 is 1.30 bits per heavy atom. The Labute approximate surface area is 114 Å². The van der Waals surface area contributed by atoms with Crippen molar-refractivity contribution in [1.82, 2.24) is 4.90 Å². The van der Waals surface area contributed by atoms with Crippen LogP contribution in [0.1, 0.15) is 12.8 Å². The largest absolute Gasteiger partial charge is 0.481 e. The SMILES string of the molecule is O=C(O)[C@H]1CCCN(C(=O)Nc2ccc(F)c(F)c2)C1. The highest BCUT2D eigenvalue weighted by Gasteiger charge is 2.28. The van der Waals surface area contributed by atoms with E-state index in [1.807, 2.05) is 0 Å². The van der Waals surface area contributed by atoms with Crippen molar-refractivity contribution in [3.63, 3.8) is 0 Å². The molecule has 1 aromatic rings. The van der Waals surface area contributed by atoms with Gasteiger partial charge >= 0.3 is 12.0 Å². The highest BCUT2D eigenvalue weighted by Crippen LogP contribution is 2.19. The van der Waals surface area contributed by atoms with Crippen LogP contribution in [0, 0.1) is 17.6 Å². The predicted molar refractivity (Wildman–Crippen MR) is 67.3 cm³/mol. The number of amides is 2. The predicted octanol–water partition coefficient (Wildman–Crippen LogP) is 2.29. The Morgan fingerprint density at radius 3 is 2.70 bits per heavy atom. The van der Waals surface area contributed by atoms with Gasteiger partial charge in [0.2, 0.25) is 0 Å². The number of carboxylic acids is 1. The molecule has 1 heterocycles. The summed E-state index contributed by atoms with van der Waals surface area (Å²) in [5, 5.41) is 11.4. The Kier molecular flexibility index (Phi) is 4.16. The van der Waals surface area contributed by atoms with E-state index in [2.05, 4.69) is 5.32 Å². The normalized spacial score (nSPS) is 18.7. The summed E-state index contributed by atoms with van der Waals surface area (Å²) in [6.07, 6.45) is 1.13. The van der Waals surface area contributed by atoms with Crippen LogP contribution >= 0.6 is 0 Å². The van der Waals surface area contributed by atoms with Gasteiger partial charge in [0.25, 0.3) is 0 Å². The molecule has 2 amide bonds. The number of hydrogen-bond donors (Lipinski definition) is 2. The van der Waals surface area contributed by atoms with E-state index >= 15 is 0 Å². The average molecular weight is 284 g/mol. The van der Waals surface area contributed by atoms with Crippen molar-refractivity contribution in [2.24, 2.45) is 5.92 Å². The maximum absolute atomic E-state index is 13.0. The number of nitrogens with one attached hydrogen (secondary N) is 1. The molecule has 1 aromatic carbocycles. The summed E-state index contributed by atoms with van der Waals surface area (Å²) in [5.74, 6) is -3.56. The molecule has 108 valence electrons. The lowest BCUT2D eigenvalue weighted by Gasteiger charge is -2.30. The van der Waals surface area contributed by atoms with Crippen LogP contribution in [0.15, 0.2) is 18.2 Å². The Balaban J connectivity index is 2.00. The van der Waals surface area contributed by atoms with Crippen molar-refractivity contribution < 1.29 is 23.5 Å². The monoisotopic (exact) mass is 284 g/mol. The third-order valence-corrected chi connectivity index (χ3v) is 3.23.